The van der Waals surface area contributed by atoms with E-state index in [0.29, 0.717) is 5.69 Å². The number of carbonyl (C=O) groups excluding carboxylic acids is 1. The van der Waals surface area contributed by atoms with E-state index < -0.39 is 0 Å². The fourth-order valence-corrected chi connectivity index (χ4v) is 1.03. The van der Waals surface area contributed by atoms with E-state index in [1.807, 2.05) is 12.3 Å². The second kappa shape index (κ2) is 4.83. The Bertz CT molecular complexity index is 376. The lowest BCUT2D eigenvalue weighted by atomic mass is 10.3. The van der Waals surface area contributed by atoms with E-state index in [-0.39, 0.29) is 5.91 Å². The smallest absolute Gasteiger partial charge is 0.263 e. The van der Waals surface area contributed by atoms with Gasteiger partial charge in [0.15, 0.2) is 6.19 Å². The molecule has 1 aromatic rings. The first-order valence-corrected chi connectivity index (χ1v) is 4.21. The van der Waals surface area contributed by atoms with Crippen LogP contribution in [-0.2, 0) is 4.79 Å². The Morgan fingerprint density at radius 2 is 2.07 bits per heavy atom. The predicted octanol–water partition coefficient (Wildman–Crippen LogP) is 2.08. The van der Waals surface area contributed by atoms with Crippen LogP contribution in [-0.4, -0.2) is 5.91 Å². The van der Waals surface area contributed by atoms with Crippen molar-refractivity contribution >= 4 is 11.6 Å². The maximum absolute atomic E-state index is 11.4. The number of nitrogens with zero attached hydrogens (tertiary/aromatic N) is 2. The molecule has 3 heteroatoms. The minimum atomic E-state index is -0.332. The Balaban J connectivity index is 2.95. The van der Waals surface area contributed by atoms with Crippen LogP contribution in [0.15, 0.2) is 42.5 Å². The first-order chi connectivity index (χ1) is 6.79. The number of nitriles is 1. The van der Waals surface area contributed by atoms with E-state index in [9.17, 15) is 4.79 Å². The molecule has 0 spiro atoms. The Morgan fingerprint density at radius 3 is 2.57 bits per heavy atom. The van der Waals surface area contributed by atoms with E-state index in [1.54, 1.807) is 37.3 Å². The summed E-state index contributed by atoms with van der Waals surface area (Å²) in [6.45, 7) is 1.73. The highest BCUT2D eigenvalue weighted by Crippen LogP contribution is 2.12. The molecule has 1 amide bonds. The lowest BCUT2D eigenvalue weighted by Crippen LogP contribution is -2.23. The molecule has 0 aliphatic carbocycles. The maximum atomic E-state index is 11.4. The number of anilines is 1. The summed E-state index contributed by atoms with van der Waals surface area (Å²) in [7, 11) is 0. The molecule has 0 bridgehead atoms. The summed E-state index contributed by atoms with van der Waals surface area (Å²) in [6.07, 6.45) is 4.80. The van der Waals surface area contributed by atoms with Gasteiger partial charge >= 0.3 is 0 Å². The molecule has 0 saturated heterocycles. The van der Waals surface area contributed by atoms with Gasteiger partial charge in [-0.05, 0) is 19.1 Å². The molecule has 0 unspecified atom stereocenters. The van der Waals surface area contributed by atoms with Crippen LogP contribution in [0.2, 0.25) is 0 Å². The first kappa shape index (κ1) is 10.0. The maximum Gasteiger partial charge on any atom is 0.263 e. The third-order valence-electron chi connectivity index (χ3n) is 1.64. The topological polar surface area (TPSA) is 44.1 Å². The second-order valence-electron chi connectivity index (χ2n) is 2.61. The van der Waals surface area contributed by atoms with Crippen LogP contribution in [0.1, 0.15) is 6.92 Å². The summed E-state index contributed by atoms with van der Waals surface area (Å²) < 4.78 is 0. The lowest BCUT2D eigenvalue weighted by molar-refractivity contribution is -0.113. The average molecular weight is 186 g/mol. The SMILES string of the molecule is CC=CC(=O)N(C#N)c1ccccc1. The van der Waals surface area contributed by atoms with Crippen molar-refractivity contribution in [2.24, 2.45) is 0 Å². The molecule has 3 nitrogen and oxygen atoms in total. The van der Waals surface area contributed by atoms with Gasteiger partial charge < -0.3 is 0 Å². The van der Waals surface area contributed by atoms with Gasteiger partial charge in [0.1, 0.15) is 0 Å². The molecule has 0 fully saturated rings. The van der Waals surface area contributed by atoms with Crippen molar-refractivity contribution in [3.63, 3.8) is 0 Å². The standard InChI is InChI=1S/C11H10N2O/c1-2-6-11(14)13(9-12)10-7-4-3-5-8-10/h2-8H,1H3. The minimum Gasteiger partial charge on any atom is -0.268 e. The summed E-state index contributed by atoms with van der Waals surface area (Å²) in [4.78, 5) is 12.4. The van der Waals surface area contributed by atoms with Gasteiger partial charge in [-0.3, -0.25) is 4.79 Å². The van der Waals surface area contributed by atoms with Gasteiger partial charge in [0, 0.05) is 6.08 Å². The highest BCUT2D eigenvalue weighted by molar-refractivity contribution is 6.03. The molecule has 0 saturated carbocycles. The van der Waals surface area contributed by atoms with Gasteiger partial charge in [-0.25, -0.2) is 4.90 Å². The molecular formula is C11H10N2O. The number of hydrogen-bond acceptors (Lipinski definition) is 2. The summed E-state index contributed by atoms with van der Waals surface area (Å²) in [6, 6.07) is 8.82. The van der Waals surface area contributed by atoms with Crippen LogP contribution >= 0.6 is 0 Å². The van der Waals surface area contributed by atoms with E-state index in [1.165, 1.54) is 6.08 Å². The molecule has 0 aliphatic heterocycles. The molecule has 1 aromatic carbocycles. The average Bonchev–Trinajstić information content (AvgIpc) is 2.21. The van der Waals surface area contributed by atoms with E-state index >= 15 is 0 Å². The number of amides is 1. The number of benzene rings is 1. The van der Waals surface area contributed by atoms with E-state index in [2.05, 4.69) is 0 Å². The molecule has 0 N–H and O–H groups in total. The van der Waals surface area contributed by atoms with Crippen molar-refractivity contribution < 1.29 is 4.79 Å². The third kappa shape index (κ3) is 2.20. The van der Waals surface area contributed by atoms with E-state index in [0.717, 1.165) is 4.90 Å². The number of hydrogen-bond donors (Lipinski definition) is 0. The van der Waals surface area contributed by atoms with Crippen LogP contribution < -0.4 is 4.90 Å². The number of allylic oxidation sites excluding steroid dienone is 1. The van der Waals surface area contributed by atoms with Crippen molar-refractivity contribution in [3.8, 4) is 6.19 Å². The molecule has 0 heterocycles. The first-order valence-electron chi connectivity index (χ1n) is 4.21. The Kier molecular flexibility index (Phi) is 3.45. The molecule has 0 aromatic heterocycles. The molecular weight excluding hydrogens is 176 g/mol. The van der Waals surface area contributed by atoms with Gasteiger partial charge in [0.2, 0.25) is 0 Å². The minimum absolute atomic E-state index is 0.332. The van der Waals surface area contributed by atoms with Gasteiger partial charge in [0.05, 0.1) is 5.69 Å². The zero-order valence-electron chi connectivity index (χ0n) is 7.84. The monoisotopic (exact) mass is 186 g/mol. The van der Waals surface area contributed by atoms with Gasteiger partial charge in [-0.1, -0.05) is 24.3 Å². The summed E-state index contributed by atoms with van der Waals surface area (Å²) in [5.74, 6) is -0.332. The van der Waals surface area contributed by atoms with Crippen LogP contribution in [0.4, 0.5) is 5.69 Å². The second-order valence-corrected chi connectivity index (χ2v) is 2.61. The molecule has 0 atom stereocenters. The largest absolute Gasteiger partial charge is 0.268 e. The van der Waals surface area contributed by atoms with Crippen LogP contribution in [0.5, 0.6) is 0 Å². The van der Waals surface area contributed by atoms with Crippen molar-refractivity contribution in [3.05, 3.63) is 42.5 Å². The van der Waals surface area contributed by atoms with Crippen molar-refractivity contribution in [2.45, 2.75) is 6.92 Å². The number of para-hydroxylation sites is 1. The van der Waals surface area contributed by atoms with Crippen molar-refractivity contribution in [1.29, 1.82) is 5.26 Å². The highest BCUT2D eigenvalue weighted by atomic mass is 16.2. The Hall–Kier alpha value is -2.08. The molecule has 0 radical (unpaired) electrons. The summed E-state index contributed by atoms with van der Waals surface area (Å²) in [5, 5.41) is 8.80. The molecule has 70 valence electrons. The Morgan fingerprint density at radius 1 is 1.43 bits per heavy atom. The number of carbonyl (C=O) groups is 1. The lowest BCUT2D eigenvalue weighted by Gasteiger charge is -2.10. The zero-order chi connectivity index (χ0) is 10.4. The molecule has 0 aliphatic rings. The van der Waals surface area contributed by atoms with Crippen LogP contribution in [0.3, 0.4) is 0 Å². The van der Waals surface area contributed by atoms with E-state index in [4.69, 9.17) is 5.26 Å². The fourth-order valence-electron chi connectivity index (χ4n) is 1.03. The quantitative estimate of drug-likeness (QED) is 0.403. The zero-order valence-corrected chi connectivity index (χ0v) is 7.84. The van der Waals surface area contributed by atoms with Crippen LogP contribution in [0, 0.1) is 11.5 Å². The van der Waals surface area contributed by atoms with Gasteiger partial charge in [-0.15, -0.1) is 0 Å². The van der Waals surface area contributed by atoms with Crippen molar-refractivity contribution in [1.82, 2.24) is 0 Å². The number of rotatable bonds is 2. The van der Waals surface area contributed by atoms with Crippen LogP contribution in [0.25, 0.3) is 0 Å². The van der Waals surface area contributed by atoms with Gasteiger partial charge in [0.25, 0.3) is 5.91 Å². The summed E-state index contributed by atoms with van der Waals surface area (Å²) in [5.41, 5.74) is 0.582. The third-order valence-corrected chi connectivity index (χ3v) is 1.64. The molecule has 14 heavy (non-hydrogen) atoms. The summed E-state index contributed by atoms with van der Waals surface area (Å²) >= 11 is 0. The predicted molar refractivity (Wildman–Crippen MR) is 54.4 cm³/mol. The van der Waals surface area contributed by atoms with Crippen molar-refractivity contribution in [2.75, 3.05) is 4.90 Å². The highest BCUT2D eigenvalue weighted by Gasteiger charge is 2.10. The molecule has 1 rings (SSSR count). The van der Waals surface area contributed by atoms with Gasteiger partial charge in [-0.2, -0.15) is 5.26 Å². The fraction of sp³-hybridized carbons (Fsp3) is 0.0909. The Labute approximate surface area is 82.9 Å². The normalized spacial score (nSPS) is 9.71.